The van der Waals surface area contributed by atoms with Crippen LogP contribution in [0.1, 0.15) is 13.8 Å². The minimum Gasteiger partial charge on any atom is -0.493 e. The van der Waals surface area contributed by atoms with E-state index in [2.05, 4.69) is 6.58 Å². The van der Waals surface area contributed by atoms with Crippen molar-refractivity contribution in [3.8, 4) is 0 Å². The van der Waals surface area contributed by atoms with Crippen LogP contribution in [0.3, 0.4) is 0 Å². The van der Waals surface area contributed by atoms with Crippen LogP contribution in [0.4, 0.5) is 0 Å². The van der Waals surface area contributed by atoms with Crippen LogP contribution in [-0.4, -0.2) is 13.4 Å². The summed E-state index contributed by atoms with van der Waals surface area (Å²) in [6.45, 7) is 7.80. The average Bonchev–Trinajstić information content (AvgIpc) is 1.99. The molecule has 0 N–H and O–H groups in total. The molecule has 11 heavy (non-hydrogen) atoms. The summed E-state index contributed by atoms with van der Waals surface area (Å²) in [7, 11) is 1.47. The molecule has 0 radical (unpaired) electrons. The fourth-order valence-corrected chi connectivity index (χ4v) is 0.490. The number of ether oxygens (including phenoxy) is 1. The standard InChI is InChI=1S/C9H14O2/c1-7(2)8(3)5-9(6-10)11-4/h5-7H,3H2,1-2,4H3/b9-5-. The Labute approximate surface area is 67.6 Å². The molecule has 0 aromatic heterocycles. The molecule has 0 fully saturated rings. The third-order valence-electron chi connectivity index (χ3n) is 1.42. The molecule has 0 saturated heterocycles. The van der Waals surface area contributed by atoms with Gasteiger partial charge < -0.3 is 4.74 Å². The van der Waals surface area contributed by atoms with Gasteiger partial charge in [0.25, 0.3) is 0 Å². The minimum absolute atomic E-state index is 0.323. The van der Waals surface area contributed by atoms with Gasteiger partial charge in [0, 0.05) is 0 Å². The number of rotatable bonds is 4. The zero-order chi connectivity index (χ0) is 8.85. The molecule has 0 aromatic rings. The monoisotopic (exact) mass is 154 g/mol. The Bertz CT molecular complexity index is 178. The lowest BCUT2D eigenvalue weighted by Gasteiger charge is -2.04. The molecule has 0 spiro atoms. The number of allylic oxidation sites excluding steroid dienone is 3. The Morgan fingerprint density at radius 1 is 1.55 bits per heavy atom. The van der Waals surface area contributed by atoms with Gasteiger partial charge in [0.05, 0.1) is 7.11 Å². The van der Waals surface area contributed by atoms with E-state index in [4.69, 9.17) is 4.74 Å². The van der Waals surface area contributed by atoms with E-state index >= 15 is 0 Å². The van der Waals surface area contributed by atoms with Gasteiger partial charge in [-0.1, -0.05) is 20.4 Å². The predicted octanol–water partition coefficient (Wildman–Crippen LogP) is 1.93. The number of hydrogen-bond acceptors (Lipinski definition) is 2. The number of aldehydes is 1. The van der Waals surface area contributed by atoms with Crippen LogP contribution < -0.4 is 0 Å². The average molecular weight is 154 g/mol. The first-order chi connectivity index (χ1) is 5.11. The topological polar surface area (TPSA) is 26.3 Å². The van der Waals surface area contributed by atoms with Crippen molar-refractivity contribution >= 4 is 6.29 Å². The van der Waals surface area contributed by atoms with E-state index in [1.165, 1.54) is 7.11 Å². The fraction of sp³-hybridized carbons (Fsp3) is 0.444. The fourth-order valence-electron chi connectivity index (χ4n) is 0.490. The highest BCUT2D eigenvalue weighted by Gasteiger charge is 1.98. The molecule has 0 saturated carbocycles. The van der Waals surface area contributed by atoms with Gasteiger partial charge >= 0.3 is 0 Å². The first-order valence-corrected chi connectivity index (χ1v) is 3.51. The van der Waals surface area contributed by atoms with E-state index in [0.717, 1.165) is 5.57 Å². The molecule has 0 bridgehead atoms. The Hall–Kier alpha value is -1.05. The molecule has 0 heterocycles. The second kappa shape index (κ2) is 4.72. The molecule has 2 nitrogen and oxygen atoms in total. The van der Waals surface area contributed by atoms with Gasteiger partial charge in [-0.2, -0.15) is 0 Å². The quantitative estimate of drug-likeness (QED) is 0.268. The molecular formula is C9H14O2. The van der Waals surface area contributed by atoms with Crippen molar-refractivity contribution in [3.63, 3.8) is 0 Å². The third kappa shape index (κ3) is 3.61. The highest BCUT2D eigenvalue weighted by Crippen LogP contribution is 2.09. The second-order valence-corrected chi connectivity index (χ2v) is 2.60. The summed E-state index contributed by atoms with van der Waals surface area (Å²) < 4.78 is 4.75. The Balaban J connectivity index is 4.26. The Morgan fingerprint density at radius 2 is 2.09 bits per heavy atom. The smallest absolute Gasteiger partial charge is 0.184 e. The van der Waals surface area contributed by atoms with Gasteiger partial charge in [0.2, 0.25) is 0 Å². The van der Waals surface area contributed by atoms with E-state index in [9.17, 15) is 4.79 Å². The van der Waals surface area contributed by atoms with Gasteiger partial charge in [-0.15, -0.1) is 0 Å². The maximum atomic E-state index is 10.3. The summed E-state index contributed by atoms with van der Waals surface area (Å²) in [6, 6.07) is 0. The highest BCUT2D eigenvalue weighted by atomic mass is 16.5. The van der Waals surface area contributed by atoms with E-state index in [0.29, 0.717) is 18.0 Å². The molecule has 2 heteroatoms. The van der Waals surface area contributed by atoms with Gasteiger partial charge in [0.15, 0.2) is 12.0 Å². The summed E-state index contributed by atoms with van der Waals surface area (Å²) in [5.74, 6) is 0.670. The lowest BCUT2D eigenvalue weighted by Crippen LogP contribution is -1.93. The van der Waals surface area contributed by atoms with Crippen LogP contribution in [0.5, 0.6) is 0 Å². The molecule has 0 rings (SSSR count). The molecular weight excluding hydrogens is 140 g/mol. The summed E-state index contributed by atoms with van der Waals surface area (Å²) in [6.07, 6.45) is 2.32. The molecule has 0 aliphatic heterocycles. The third-order valence-corrected chi connectivity index (χ3v) is 1.42. The first kappa shape index (κ1) is 9.95. The summed E-state index contributed by atoms with van der Waals surface area (Å²) >= 11 is 0. The van der Waals surface area contributed by atoms with Gasteiger partial charge in [-0.05, 0) is 17.6 Å². The highest BCUT2D eigenvalue weighted by molar-refractivity contribution is 5.71. The number of hydrogen-bond donors (Lipinski definition) is 0. The van der Waals surface area contributed by atoms with Crippen LogP contribution >= 0.6 is 0 Å². The number of carbonyl (C=O) groups excluding carboxylic acids is 1. The van der Waals surface area contributed by atoms with Gasteiger partial charge in [-0.3, -0.25) is 4.79 Å². The second-order valence-electron chi connectivity index (χ2n) is 2.60. The first-order valence-electron chi connectivity index (χ1n) is 3.51. The maximum absolute atomic E-state index is 10.3. The van der Waals surface area contributed by atoms with Crippen LogP contribution in [0.2, 0.25) is 0 Å². The van der Waals surface area contributed by atoms with Crippen molar-refractivity contribution in [2.75, 3.05) is 7.11 Å². The molecule has 0 aliphatic carbocycles. The van der Waals surface area contributed by atoms with Gasteiger partial charge in [-0.25, -0.2) is 0 Å². The van der Waals surface area contributed by atoms with E-state index in [-0.39, 0.29) is 0 Å². The maximum Gasteiger partial charge on any atom is 0.184 e. The van der Waals surface area contributed by atoms with Crippen LogP contribution in [0.15, 0.2) is 24.0 Å². The van der Waals surface area contributed by atoms with Crippen molar-refractivity contribution in [2.24, 2.45) is 5.92 Å². The predicted molar refractivity (Wildman–Crippen MR) is 45.1 cm³/mol. The van der Waals surface area contributed by atoms with Crippen molar-refractivity contribution < 1.29 is 9.53 Å². The zero-order valence-corrected chi connectivity index (χ0v) is 7.26. The number of methoxy groups -OCH3 is 1. The lowest BCUT2D eigenvalue weighted by atomic mass is 10.1. The molecule has 0 aliphatic rings. The van der Waals surface area contributed by atoms with Crippen molar-refractivity contribution in [3.05, 3.63) is 24.0 Å². The van der Waals surface area contributed by atoms with Gasteiger partial charge in [0.1, 0.15) is 0 Å². The SMILES string of the molecule is C=C(/C=C(/C=O)OC)C(C)C. The Kier molecular flexibility index (Phi) is 4.27. The van der Waals surface area contributed by atoms with Crippen molar-refractivity contribution in [1.29, 1.82) is 0 Å². The lowest BCUT2D eigenvalue weighted by molar-refractivity contribution is -0.107. The zero-order valence-electron chi connectivity index (χ0n) is 7.26. The largest absolute Gasteiger partial charge is 0.493 e. The van der Waals surface area contributed by atoms with Crippen molar-refractivity contribution in [2.45, 2.75) is 13.8 Å². The summed E-state index contributed by atoms with van der Waals surface area (Å²) in [5, 5.41) is 0. The molecule has 0 aromatic carbocycles. The molecule has 0 amide bonds. The normalized spacial score (nSPS) is 11.5. The van der Waals surface area contributed by atoms with Crippen molar-refractivity contribution in [1.82, 2.24) is 0 Å². The summed E-state index contributed by atoms with van der Waals surface area (Å²) in [5.41, 5.74) is 0.897. The van der Waals surface area contributed by atoms with Crippen LogP contribution in [-0.2, 0) is 9.53 Å². The van der Waals surface area contributed by atoms with E-state index < -0.39 is 0 Å². The van der Waals surface area contributed by atoms with E-state index in [1.807, 2.05) is 13.8 Å². The number of carbonyl (C=O) groups is 1. The Morgan fingerprint density at radius 3 is 2.36 bits per heavy atom. The van der Waals surface area contributed by atoms with Crippen LogP contribution in [0.25, 0.3) is 0 Å². The molecule has 62 valence electrons. The van der Waals surface area contributed by atoms with Crippen LogP contribution in [0, 0.1) is 5.92 Å². The minimum atomic E-state index is 0.323. The summed E-state index contributed by atoms with van der Waals surface area (Å²) in [4.78, 5) is 10.3. The van der Waals surface area contributed by atoms with E-state index in [1.54, 1.807) is 6.08 Å². The molecule has 0 atom stereocenters. The molecule has 0 unspecified atom stereocenters.